The number of rotatable bonds is 9. The van der Waals surface area contributed by atoms with Gasteiger partial charge in [0.15, 0.2) is 17.5 Å². The molecule has 0 spiro atoms. The lowest BCUT2D eigenvalue weighted by Crippen LogP contribution is -2.41. The fraction of sp³-hybridized carbons (Fsp3) is 0.650. The number of ether oxygens (including phenoxy) is 2. The average molecular weight is 490 g/mol. The Labute approximate surface area is 180 Å². The van der Waals surface area contributed by atoms with Gasteiger partial charge in [-0.2, -0.15) is 0 Å². The van der Waals surface area contributed by atoms with Gasteiger partial charge in [0.2, 0.25) is 0 Å². The van der Waals surface area contributed by atoms with Crippen molar-refractivity contribution in [3.05, 3.63) is 23.8 Å². The second-order valence-electron chi connectivity index (χ2n) is 7.15. The maximum atomic E-state index is 6.06. The van der Waals surface area contributed by atoms with Crippen LogP contribution in [0, 0.1) is 5.92 Å². The summed E-state index contributed by atoms with van der Waals surface area (Å²) >= 11 is 0. The molecule has 1 saturated heterocycles. The molecule has 1 aliphatic heterocycles. The molecule has 1 fully saturated rings. The molecule has 1 aromatic carbocycles. The van der Waals surface area contributed by atoms with Gasteiger partial charge in [-0.25, -0.2) is 0 Å². The van der Waals surface area contributed by atoms with Crippen molar-refractivity contribution in [1.82, 2.24) is 10.2 Å². The van der Waals surface area contributed by atoms with Gasteiger partial charge in [-0.05, 0) is 56.0 Å². The van der Waals surface area contributed by atoms with E-state index in [9.17, 15) is 0 Å². The van der Waals surface area contributed by atoms with Gasteiger partial charge in [-0.15, -0.1) is 24.0 Å². The van der Waals surface area contributed by atoms with Crippen molar-refractivity contribution in [1.29, 1.82) is 0 Å². The quantitative estimate of drug-likeness (QED) is 0.317. The normalized spacial score (nSPS) is 16.1. The lowest BCUT2D eigenvalue weighted by atomic mass is 10.0. The van der Waals surface area contributed by atoms with Crippen molar-refractivity contribution < 1.29 is 9.47 Å². The molecular weight excluding hydrogens is 455 g/mol. The second-order valence-corrected chi connectivity index (χ2v) is 7.15. The Morgan fingerprint density at radius 1 is 1.19 bits per heavy atom. The highest BCUT2D eigenvalue weighted by molar-refractivity contribution is 14.0. The fourth-order valence-electron chi connectivity index (χ4n) is 3.44. The topological polar surface area (TPSA) is 72.1 Å². The van der Waals surface area contributed by atoms with Crippen LogP contribution in [0.25, 0.3) is 0 Å². The van der Waals surface area contributed by atoms with Crippen molar-refractivity contribution in [3.63, 3.8) is 0 Å². The first kappa shape index (κ1) is 23.8. The largest absolute Gasteiger partial charge is 0.493 e. The molecule has 7 heteroatoms. The van der Waals surface area contributed by atoms with Gasteiger partial charge in [0.05, 0.1) is 20.8 Å². The molecule has 27 heavy (non-hydrogen) atoms. The third-order valence-corrected chi connectivity index (χ3v) is 5.00. The van der Waals surface area contributed by atoms with Crippen LogP contribution >= 0.6 is 24.0 Å². The van der Waals surface area contributed by atoms with E-state index in [4.69, 9.17) is 15.2 Å². The molecule has 0 saturated carbocycles. The Morgan fingerprint density at radius 2 is 1.85 bits per heavy atom. The Balaban J connectivity index is 0.00000364. The minimum atomic E-state index is 0. The summed E-state index contributed by atoms with van der Waals surface area (Å²) in [5, 5.41) is 3.22. The third-order valence-electron chi connectivity index (χ3n) is 5.00. The number of methoxy groups -OCH3 is 2. The number of hydrogen-bond donors (Lipinski definition) is 2. The summed E-state index contributed by atoms with van der Waals surface area (Å²) in [4.78, 5) is 7.13. The van der Waals surface area contributed by atoms with Crippen LogP contribution in [-0.4, -0.2) is 57.3 Å². The zero-order valence-corrected chi connectivity index (χ0v) is 19.4. The number of hydrogen-bond acceptors (Lipinski definition) is 4. The third kappa shape index (κ3) is 7.37. The van der Waals surface area contributed by atoms with E-state index < -0.39 is 0 Å². The highest BCUT2D eigenvalue weighted by Gasteiger charge is 2.24. The first-order chi connectivity index (χ1) is 12.5. The monoisotopic (exact) mass is 490 g/mol. The van der Waals surface area contributed by atoms with Crippen LogP contribution in [0.2, 0.25) is 0 Å². The van der Waals surface area contributed by atoms with Crippen LogP contribution in [0.5, 0.6) is 11.5 Å². The van der Waals surface area contributed by atoms with Crippen LogP contribution in [0.4, 0.5) is 0 Å². The number of nitrogens with two attached hydrogens (primary N) is 1. The number of nitrogens with one attached hydrogen (secondary N) is 1. The van der Waals surface area contributed by atoms with Gasteiger partial charge >= 0.3 is 0 Å². The van der Waals surface area contributed by atoms with Gasteiger partial charge in [-0.3, -0.25) is 9.89 Å². The van der Waals surface area contributed by atoms with Gasteiger partial charge in [0, 0.05) is 12.6 Å². The number of guanidine groups is 1. The van der Waals surface area contributed by atoms with Crippen LogP contribution < -0.4 is 20.5 Å². The number of aliphatic imine (C=N–C) groups is 1. The zero-order chi connectivity index (χ0) is 18.9. The SMILES string of the molecule is COc1ccc(CCNC(N)=NCC(C(C)C)N2CCCC2)cc1OC.I. The highest BCUT2D eigenvalue weighted by Crippen LogP contribution is 2.27. The Morgan fingerprint density at radius 3 is 2.44 bits per heavy atom. The standard InChI is InChI=1S/C20H34N4O2.HI/c1-15(2)17(24-11-5-6-12-24)14-23-20(21)22-10-9-16-7-8-18(25-3)19(13-16)26-4;/h7-8,13,15,17H,5-6,9-12,14H2,1-4H3,(H3,21,22,23);1H. The van der Waals surface area contributed by atoms with E-state index in [2.05, 4.69) is 29.1 Å². The lowest BCUT2D eigenvalue weighted by molar-refractivity contribution is 0.197. The van der Waals surface area contributed by atoms with Gasteiger partial charge < -0.3 is 20.5 Å². The van der Waals surface area contributed by atoms with Gasteiger partial charge in [0.1, 0.15) is 0 Å². The summed E-state index contributed by atoms with van der Waals surface area (Å²) in [6, 6.07) is 6.44. The summed E-state index contributed by atoms with van der Waals surface area (Å²) in [5.74, 6) is 2.59. The molecule has 0 amide bonds. The second kappa shape index (κ2) is 12.3. The molecule has 2 rings (SSSR count). The van der Waals surface area contributed by atoms with E-state index in [1.165, 1.54) is 31.5 Å². The molecule has 1 atom stereocenters. The number of benzene rings is 1. The zero-order valence-electron chi connectivity index (χ0n) is 17.0. The minimum Gasteiger partial charge on any atom is -0.493 e. The van der Waals surface area contributed by atoms with E-state index in [-0.39, 0.29) is 24.0 Å². The molecular formula is C20H35IN4O2. The average Bonchev–Trinajstić information content (AvgIpc) is 3.15. The van der Waals surface area contributed by atoms with E-state index in [0.29, 0.717) is 17.9 Å². The van der Waals surface area contributed by atoms with Crippen molar-refractivity contribution in [2.45, 2.75) is 39.2 Å². The minimum absolute atomic E-state index is 0. The first-order valence-corrected chi connectivity index (χ1v) is 9.54. The van der Waals surface area contributed by atoms with E-state index in [1.807, 2.05) is 18.2 Å². The summed E-state index contributed by atoms with van der Waals surface area (Å²) < 4.78 is 10.6. The van der Waals surface area contributed by atoms with E-state index in [0.717, 1.165) is 31.0 Å². The van der Waals surface area contributed by atoms with Gasteiger partial charge in [-0.1, -0.05) is 19.9 Å². The molecule has 1 heterocycles. The molecule has 3 N–H and O–H groups in total. The number of nitrogens with zero attached hydrogens (tertiary/aromatic N) is 2. The smallest absolute Gasteiger partial charge is 0.188 e. The van der Waals surface area contributed by atoms with Crippen LogP contribution in [-0.2, 0) is 6.42 Å². The maximum Gasteiger partial charge on any atom is 0.188 e. The molecule has 1 aliphatic rings. The predicted molar refractivity (Wildman–Crippen MR) is 123 cm³/mol. The molecule has 0 bridgehead atoms. The van der Waals surface area contributed by atoms with Crippen molar-refractivity contribution in [3.8, 4) is 11.5 Å². The molecule has 0 aromatic heterocycles. The number of halogens is 1. The molecule has 1 aromatic rings. The van der Waals surface area contributed by atoms with E-state index >= 15 is 0 Å². The summed E-state index contributed by atoms with van der Waals surface area (Å²) in [6.07, 6.45) is 3.44. The molecule has 0 aliphatic carbocycles. The van der Waals surface area contributed by atoms with Gasteiger partial charge in [0.25, 0.3) is 0 Å². The lowest BCUT2D eigenvalue weighted by Gasteiger charge is -2.29. The Bertz CT molecular complexity index is 589. The maximum absolute atomic E-state index is 6.06. The predicted octanol–water partition coefficient (Wildman–Crippen LogP) is 2.89. The molecule has 1 unspecified atom stereocenters. The molecule has 0 radical (unpaired) electrons. The highest BCUT2D eigenvalue weighted by atomic mass is 127. The van der Waals surface area contributed by atoms with Crippen molar-refractivity contribution in [2.75, 3.05) is 40.4 Å². The Hall–Kier alpha value is -1.22. The van der Waals surface area contributed by atoms with E-state index in [1.54, 1.807) is 14.2 Å². The van der Waals surface area contributed by atoms with Crippen LogP contribution in [0.3, 0.4) is 0 Å². The Kier molecular flexibility index (Phi) is 10.8. The summed E-state index contributed by atoms with van der Waals surface area (Å²) in [6.45, 7) is 8.39. The summed E-state index contributed by atoms with van der Waals surface area (Å²) in [7, 11) is 3.29. The van der Waals surface area contributed by atoms with Crippen molar-refractivity contribution in [2.24, 2.45) is 16.6 Å². The first-order valence-electron chi connectivity index (χ1n) is 9.54. The van der Waals surface area contributed by atoms with Crippen LogP contribution in [0.15, 0.2) is 23.2 Å². The number of likely N-dealkylation sites (tertiary alicyclic amines) is 1. The van der Waals surface area contributed by atoms with Crippen LogP contribution in [0.1, 0.15) is 32.3 Å². The fourth-order valence-corrected chi connectivity index (χ4v) is 3.44. The molecule has 6 nitrogen and oxygen atoms in total. The molecule has 154 valence electrons. The summed E-state index contributed by atoms with van der Waals surface area (Å²) in [5.41, 5.74) is 7.23. The van der Waals surface area contributed by atoms with Crippen molar-refractivity contribution >= 4 is 29.9 Å².